The van der Waals surface area contributed by atoms with Gasteiger partial charge in [0.1, 0.15) is 0 Å². The summed E-state index contributed by atoms with van der Waals surface area (Å²) in [5.74, 6) is 0. The molecule has 1 N–H and O–H groups in total. The van der Waals surface area contributed by atoms with Crippen LogP contribution < -0.4 is 0 Å². The van der Waals surface area contributed by atoms with Gasteiger partial charge in [-0.3, -0.25) is 0 Å². The van der Waals surface area contributed by atoms with Crippen molar-refractivity contribution in [1.82, 2.24) is 0 Å². The summed E-state index contributed by atoms with van der Waals surface area (Å²) in [4.78, 5) is 9.97. The van der Waals surface area contributed by atoms with E-state index in [1.54, 1.807) is 20.8 Å². The first kappa shape index (κ1) is 20.1. The summed E-state index contributed by atoms with van der Waals surface area (Å²) in [7, 11) is -3.13. The van der Waals surface area contributed by atoms with Gasteiger partial charge < -0.3 is 21.9 Å². The van der Waals surface area contributed by atoms with Gasteiger partial charge in [0.25, 0.3) is 8.56 Å². The molecule has 0 bridgehead atoms. The van der Waals surface area contributed by atoms with Crippen LogP contribution in [0.2, 0.25) is 39.3 Å². The van der Waals surface area contributed by atoms with Crippen LogP contribution in [0.1, 0.15) is 0 Å². The SMILES string of the molecule is CO[SiH](C)O[Si](C)(C)[Si](C)(C)O[Si]([Si])(OC)[Si](C)O. The van der Waals surface area contributed by atoms with Crippen molar-refractivity contribution < 1.29 is 21.9 Å². The topological polar surface area (TPSA) is 57.2 Å². The molecule has 0 aromatic heterocycles. The molecule has 0 spiro atoms. The summed E-state index contributed by atoms with van der Waals surface area (Å²) >= 11 is 0. The Bertz CT molecular complexity index is 289. The van der Waals surface area contributed by atoms with Crippen molar-refractivity contribution in [3.63, 3.8) is 0 Å². The second-order valence-electron chi connectivity index (χ2n) is 5.45. The van der Waals surface area contributed by atoms with E-state index in [0.717, 1.165) is 0 Å². The molecular weight excluding hydrogens is 345 g/mol. The zero-order valence-electron chi connectivity index (χ0n) is 13.2. The van der Waals surface area contributed by atoms with Crippen molar-refractivity contribution in [2.75, 3.05) is 14.2 Å². The lowest BCUT2D eigenvalue weighted by molar-refractivity contribution is 0.325. The van der Waals surface area contributed by atoms with Crippen molar-refractivity contribution in [1.29, 1.82) is 0 Å². The Balaban J connectivity index is 5.04. The zero-order valence-corrected chi connectivity index (χ0v) is 19.3. The summed E-state index contributed by atoms with van der Waals surface area (Å²) in [6.45, 7) is 12.4. The second-order valence-corrected chi connectivity index (χ2v) is 32.5. The Kier molecular flexibility index (Phi) is 7.82. The predicted molar refractivity (Wildman–Crippen MR) is 89.5 cm³/mol. The molecule has 0 heterocycles. The molecule has 4 radical (unpaired) electrons. The van der Waals surface area contributed by atoms with Crippen LogP contribution in [0.15, 0.2) is 0 Å². The van der Waals surface area contributed by atoms with E-state index in [9.17, 15) is 4.80 Å². The average Bonchev–Trinajstić information content (AvgIpc) is 2.27. The molecule has 2 unspecified atom stereocenters. The highest BCUT2D eigenvalue weighted by Gasteiger charge is 2.52. The van der Waals surface area contributed by atoms with Gasteiger partial charge in [-0.15, -0.1) is 0 Å². The highest BCUT2D eigenvalue weighted by Crippen LogP contribution is 2.26. The van der Waals surface area contributed by atoms with Gasteiger partial charge >= 0.3 is 16.9 Å². The van der Waals surface area contributed by atoms with Gasteiger partial charge in [-0.05, 0) is 39.3 Å². The van der Waals surface area contributed by atoms with Crippen LogP contribution in [0.3, 0.4) is 0 Å². The van der Waals surface area contributed by atoms with E-state index >= 15 is 0 Å². The van der Waals surface area contributed by atoms with Crippen molar-refractivity contribution in [3.8, 4) is 0 Å². The Morgan fingerprint density at radius 1 is 1.11 bits per heavy atom. The molecule has 2 atom stereocenters. The predicted octanol–water partition coefficient (Wildman–Crippen LogP) is 0.451. The summed E-state index contributed by atoms with van der Waals surface area (Å²) in [5, 5.41) is 0. The van der Waals surface area contributed by atoms with Crippen LogP contribution in [-0.4, -0.2) is 69.9 Å². The molecule has 0 saturated carbocycles. The fraction of sp³-hybridized carbons (Fsp3) is 1.00. The molecule has 0 aromatic carbocycles. The van der Waals surface area contributed by atoms with Crippen molar-refractivity contribution in [2.45, 2.75) is 39.3 Å². The maximum atomic E-state index is 9.97. The molecule has 0 fully saturated rings. The smallest absolute Gasteiger partial charge is 0.308 e. The monoisotopic (exact) mass is 370 g/mol. The molecule has 0 aliphatic heterocycles. The highest BCUT2D eigenvalue weighted by atomic mass is 29.6. The zero-order chi connectivity index (χ0) is 15.5. The number of hydrogen-bond donors (Lipinski definition) is 1. The third kappa shape index (κ3) is 5.42. The summed E-state index contributed by atoms with van der Waals surface area (Å²) in [5.41, 5.74) is 0. The summed E-state index contributed by atoms with van der Waals surface area (Å²) < 4.78 is 23.3. The van der Waals surface area contributed by atoms with Gasteiger partial charge in [0.15, 0.2) is 15.7 Å². The minimum absolute atomic E-state index is 1.59. The van der Waals surface area contributed by atoms with Crippen LogP contribution >= 0.6 is 0 Å². The van der Waals surface area contributed by atoms with Gasteiger partial charge in [-0.2, -0.15) is 0 Å². The average molecular weight is 371 g/mol. The van der Waals surface area contributed by atoms with Crippen LogP contribution in [0.4, 0.5) is 0 Å². The first-order valence-electron chi connectivity index (χ1n) is 6.16. The van der Waals surface area contributed by atoms with Crippen molar-refractivity contribution >= 4 is 50.9 Å². The molecule has 0 aliphatic rings. The van der Waals surface area contributed by atoms with Crippen molar-refractivity contribution in [3.05, 3.63) is 0 Å². The maximum Gasteiger partial charge on any atom is 0.308 e. The fourth-order valence-electron chi connectivity index (χ4n) is 1.35. The molecule has 0 rings (SSSR count). The minimum Gasteiger partial charge on any atom is -0.440 e. The second kappa shape index (κ2) is 7.39. The summed E-state index contributed by atoms with van der Waals surface area (Å²) in [6, 6.07) is 0. The van der Waals surface area contributed by atoms with E-state index in [1.807, 2.05) is 6.55 Å². The Labute approximate surface area is 126 Å². The third-order valence-electron chi connectivity index (χ3n) is 3.41. The van der Waals surface area contributed by atoms with Gasteiger partial charge in [0.05, 0.1) is 9.76 Å². The molecule has 0 amide bonds. The lowest BCUT2D eigenvalue weighted by Crippen LogP contribution is -2.69. The third-order valence-corrected chi connectivity index (χ3v) is 35.2. The molecule has 11 heteroatoms. The van der Waals surface area contributed by atoms with E-state index in [2.05, 4.69) is 35.9 Å². The van der Waals surface area contributed by atoms with E-state index in [4.69, 9.17) is 17.1 Å². The molecule has 0 aromatic rings. The quantitative estimate of drug-likeness (QED) is 0.629. The lowest BCUT2D eigenvalue weighted by atomic mass is 11.8. The fourth-order valence-corrected chi connectivity index (χ4v) is 27.5. The van der Waals surface area contributed by atoms with Gasteiger partial charge in [-0.1, -0.05) is 0 Å². The largest absolute Gasteiger partial charge is 0.440 e. The Morgan fingerprint density at radius 2 is 1.58 bits per heavy atom. The van der Waals surface area contributed by atoms with Crippen LogP contribution in [0, 0.1) is 0 Å². The van der Waals surface area contributed by atoms with Crippen molar-refractivity contribution in [2.24, 2.45) is 0 Å². The molecular formula is C8H26O5Si6. The molecule has 112 valence electrons. The summed E-state index contributed by atoms with van der Waals surface area (Å²) in [6.07, 6.45) is 0. The Morgan fingerprint density at radius 3 is 1.89 bits per heavy atom. The highest BCUT2D eigenvalue weighted by molar-refractivity contribution is 7.48. The number of rotatable bonds is 8. The maximum absolute atomic E-state index is 9.97. The van der Waals surface area contributed by atoms with Gasteiger partial charge in [-0.25, -0.2) is 0 Å². The van der Waals surface area contributed by atoms with E-state index in [1.165, 1.54) is 0 Å². The van der Waals surface area contributed by atoms with E-state index in [-0.39, 0.29) is 0 Å². The first-order valence-corrected chi connectivity index (χ1v) is 21.3. The van der Waals surface area contributed by atoms with Gasteiger partial charge in [0, 0.05) is 14.2 Å². The van der Waals surface area contributed by atoms with E-state index in [0.29, 0.717) is 0 Å². The van der Waals surface area contributed by atoms with Gasteiger partial charge in [0.2, 0.25) is 0 Å². The molecule has 19 heavy (non-hydrogen) atoms. The molecule has 5 nitrogen and oxygen atoms in total. The Hall–Kier alpha value is 1.10. The first-order chi connectivity index (χ1) is 8.42. The van der Waals surface area contributed by atoms with E-state index < -0.39 is 41.1 Å². The van der Waals surface area contributed by atoms with Crippen LogP contribution in [-0.2, 0) is 17.1 Å². The minimum atomic E-state index is -2.65. The lowest BCUT2D eigenvalue weighted by Gasteiger charge is -2.44. The van der Waals surface area contributed by atoms with Crippen LogP contribution in [0.5, 0.6) is 0 Å². The molecule has 0 saturated heterocycles. The standard InChI is InChI=1S/C8H26O5Si6/c1-10-16(4)12-17(5,6)18(7,8)13-19(14,11-2)15(3)9/h9,16H,1-8H3. The van der Waals surface area contributed by atoms with Crippen LogP contribution in [0.25, 0.3) is 0 Å². The molecule has 0 aliphatic carbocycles. The number of hydrogen-bond acceptors (Lipinski definition) is 5. The normalized spacial score (nSPS) is 18.5.